The Morgan fingerprint density at radius 3 is 2.52 bits per heavy atom. The molecule has 11 heteroatoms. The van der Waals surface area contributed by atoms with Gasteiger partial charge >= 0.3 is 6.03 Å². The molecule has 9 nitrogen and oxygen atoms in total. The van der Waals surface area contributed by atoms with Crippen molar-refractivity contribution in [1.29, 1.82) is 0 Å². The van der Waals surface area contributed by atoms with E-state index in [9.17, 15) is 28.0 Å². The summed E-state index contributed by atoms with van der Waals surface area (Å²) in [6.07, 6.45) is 3.94. The number of hydrogen-bond donors (Lipinski definition) is 1. The van der Waals surface area contributed by atoms with Crippen molar-refractivity contribution in [2.24, 2.45) is 5.73 Å². The number of nitrogens with two attached hydrogens (primary N) is 1. The molecular formula is C22H25F2N5O4. The van der Waals surface area contributed by atoms with Crippen LogP contribution in [0, 0.1) is 0 Å². The van der Waals surface area contributed by atoms with Crippen LogP contribution < -0.4 is 10.6 Å². The average molecular weight is 461 g/mol. The zero-order valence-corrected chi connectivity index (χ0v) is 18.0. The van der Waals surface area contributed by atoms with Gasteiger partial charge in [0.2, 0.25) is 5.91 Å². The van der Waals surface area contributed by atoms with Crippen molar-refractivity contribution >= 4 is 29.4 Å². The maximum Gasteiger partial charge on any atom is 0.339 e. The maximum atomic E-state index is 13.7. The highest BCUT2D eigenvalue weighted by atomic mass is 19.3. The molecule has 3 saturated heterocycles. The van der Waals surface area contributed by atoms with Gasteiger partial charge in [-0.3, -0.25) is 19.4 Å². The molecule has 4 heterocycles. The Kier molecular flexibility index (Phi) is 5.19. The van der Waals surface area contributed by atoms with Gasteiger partial charge in [-0.05, 0) is 44.6 Å². The molecule has 0 bridgehead atoms. The van der Waals surface area contributed by atoms with Crippen LogP contribution in [0.3, 0.4) is 0 Å². The third kappa shape index (κ3) is 3.32. The topological polar surface area (TPSA) is 117 Å². The molecule has 0 unspecified atom stereocenters. The van der Waals surface area contributed by atoms with Crippen molar-refractivity contribution in [3.05, 3.63) is 24.0 Å². The molecule has 1 spiro atoms. The summed E-state index contributed by atoms with van der Waals surface area (Å²) < 4.78 is 26.3. The number of hydrogen-bond acceptors (Lipinski definition) is 6. The van der Waals surface area contributed by atoms with Crippen molar-refractivity contribution in [2.45, 2.75) is 81.5 Å². The fourth-order valence-electron chi connectivity index (χ4n) is 5.40. The number of fused-ring (bicyclic) bond motifs is 1. The first-order valence-electron chi connectivity index (χ1n) is 11.3. The quantitative estimate of drug-likeness (QED) is 0.689. The van der Waals surface area contributed by atoms with E-state index in [-0.39, 0.29) is 17.6 Å². The van der Waals surface area contributed by atoms with Gasteiger partial charge < -0.3 is 10.6 Å². The molecule has 3 aliphatic heterocycles. The van der Waals surface area contributed by atoms with Gasteiger partial charge in [0.15, 0.2) is 0 Å². The normalized spacial score (nSPS) is 29.0. The number of amides is 5. The number of rotatable bonds is 3. The largest absolute Gasteiger partial charge is 0.339 e. The minimum atomic E-state index is -2.82. The van der Waals surface area contributed by atoms with E-state index in [0.717, 1.165) is 47.5 Å². The van der Waals surface area contributed by atoms with E-state index in [0.29, 0.717) is 32.1 Å². The Bertz CT molecular complexity index is 1030. The molecule has 1 aromatic heterocycles. The number of carbonyl (C=O) groups excluding carboxylic acids is 4. The molecular weight excluding hydrogens is 436 g/mol. The number of alkyl halides is 2. The van der Waals surface area contributed by atoms with Crippen LogP contribution in [0.4, 0.5) is 19.3 Å². The van der Waals surface area contributed by atoms with Crippen LogP contribution >= 0.6 is 0 Å². The molecule has 1 saturated carbocycles. The summed E-state index contributed by atoms with van der Waals surface area (Å²) in [7, 11) is 0. The van der Waals surface area contributed by atoms with Gasteiger partial charge in [0.05, 0.1) is 17.9 Å². The zero-order chi connectivity index (χ0) is 23.5. The number of anilines is 1. The fraction of sp³-hybridized carbons (Fsp3) is 0.591. The maximum absolute atomic E-state index is 13.7. The third-order valence-corrected chi connectivity index (χ3v) is 7.27. The number of aromatic nitrogens is 1. The van der Waals surface area contributed by atoms with E-state index in [2.05, 4.69) is 4.98 Å². The molecule has 4 fully saturated rings. The first-order chi connectivity index (χ1) is 15.8. The molecule has 0 radical (unpaired) electrons. The van der Waals surface area contributed by atoms with Gasteiger partial charge in [-0.15, -0.1) is 0 Å². The van der Waals surface area contributed by atoms with Crippen LogP contribution in [0.5, 0.6) is 0 Å². The Morgan fingerprint density at radius 1 is 1.09 bits per heavy atom. The lowest BCUT2D eigenvalue weighted by Crippen LogP contribution is -2.57. The first kappa shape index (κ1) is 21.9. The lowest BCUT2D eigenvalue weighted by Gasteiger charge is -2.35. The van der Waals surface area contributed by atoms with Crippen molar-refractivity contribution in [1.82, 2.24) is 14.8 Å². The van der Waals surface area contributed by atoms with Gasteiger partial charge in [0.25, 0.3) is 18.2 Å². The van der Waals surface area contributed by atoms with Crippen LogP contribution in [0.15, 0.2) is 18.5 Å². The summed E-state index contributed by atoms with van der Waals surface area (Å²) >= 11 is 0. The van der Waals surface area contributed by atoms with Crippen molar-refractivity contribution < 1.29 is 28.0 Å². The van der Waals surface area contributed by atoms with Crippen molar-refractivity contribution in [3.63, 3.8) is 0 Å². The number of nitrogens with zero attached hydrogens (tertiary/aromatic N) is 4. The second-order valence-corrected chi connectivity index (χ2v) is 9.29. The molecule has 1 aliphatic carbocycles. The molecule has 5 amide bonds. The standard InChI is InChI=1S/C22H25F2N5O4/c23-17(24)12-9-14(11-26-10-12)28-20(32)22(7-8-22)29(21(28)33)19(31)16-6-5-13-3-1-2-4-15(25)18(30)27(13)16/h9-11,13,15-17H,1-8,25H2/t13-,15-,16-/m0/s1. The molecule has 2 N–H and O–H groups in total. The molecule has 33 heavy (non-hydrogen) atoms. The van der Waals surface area contributed by atoms with Crippen LogP contribution in [-0.4, -0.2) is 62.2 Å². The predicted octanol–water partition coefficient (Wildman–Crippen LogP) is 2.11. The lowest BCUT2D eigenvalue weighted by atomic mass is 9.99. The minimum absolute atomic E-state index is 0.0990. The van der Waals surface area contributed by atoms with Gasteiger partial charge in [0.1, 0.15) is 11.6 Å². The molecule has 1 aromatic rings. The summed E-state index contributed by atoms with van der Waals surface area (Å²) in [6, 6.07) is -1.55. The lowest BCUT2D eigenvalue weighted by molar-refractivity contribution is -0.146. The molecule has 0 aromatic carbocycles. The van der Waals surface area contributed by atoms with Crippen LogP contribution in [0.2, 0.25) is 0 Å². The van der Waals surface area contributed by atoms with Crippen molar-refractivity contribution in [2.75, 3.05) is 4.90 Å². The van der Waals surface area contributed by atoms with E-state index in [4.69, 9.17) is 5.73 Å². The summed E-state index contributed by atoms with van der Waals surface area (Å²) in [5.41, 5.74) is 4.21. The highest BCUT2D eigenvalue weighted by Crippen LogP contribution is 2.50. The fourth-order valence-corrected chi connectivity index (χ4v) is 5.40. The second kappa shape index (κ2) is 7.82. The van der Waals surface area contributed by atoms with Gasteiger partial charge in [-0.1, -0.05) is 12.8 Å². The molecule has 176 valence electrons. The van der Waals surface area contributed by atoms with Gasteiger partial charge in [-0.25, -0.2) is 23.4 Å². The number of halogens is 2. The van der Waals surface area contributed by atoms with Gasteiger partial charge in [0, 0.05) is 17.8 Å². The highest BCUT2D eigenvalue weighted by molar-refractivity contribution is 6.29. The Balaban J connectivity index is 1.46. The molecule has 5 rings (SSSR count). The number of carbonyl (C=O) groups is 4. The molecule has 3 atom stereocenters. The van der Waals surface area contributed by atoms with E-state index in [1.54, 1.807) is 0 Å². The van der Waals surface area contributed by atoms with E-state index in [1.807, 2.05) is 0 Å². The van der Waals surface area contributed by atoms with Crippen LogP contribution in [0.1, 0.15) is 63.4 Å². The summed E-state index contributed by atoms with van der Waals surface area (Å²) in [5, 5.41) is 0. The monoisotopic (exact) mass is 461 g/mol. The second-order valence-electron chi connectivity index (χ2n) is 9.29. The smallest absolute Gasteiger partial charge is 0.326 e. The van der Waals surface area contributed by atoms with E-state index >= 15 is 0 Å². The van der Waals surface area contributed by atoms with E-state index < -0.39 is 47.5 Å². The summed E-state index contributed by atoms with van der Waals surface area (Å²) in [6.45, 7) is 0. The SMILES string of the molecule is N[C@H]1CCCC[C@H]2CC[C@@H](C(=O)N3C(=O)N(c4cncc(C(F)F)c4)C(=O)C34CC4)N2C1=O. The third-order valence-electron chi connectivity index (χ3n) is 7.27. The number of pyridine rings is 1. The van der Waals surface area contributed by atoms with Crippen LogP contribution in [0.25, 0.3) is 0 Å². The van der Waals surface area contributed by atoms with Crippen molar-refractivity contribution in [3.8, 4) is 0 Å². The first-order valence-corrected chi connectivity index (χ1v) is 11.3. The predicted molar refractivity (Wildman–Crippen MR) is 111 cm³/mol. The number of imide groups is 2. The minimum Gasteiger partial charge on any atom is -0.326 e. The van der Waals surface area contributed by atoms with Gasteiger partial charge in [-0.2, -0.15) is 0 Å². The Hall–Kier alpha value is -2.95. The summed E-state index contributed by atoms with van der Waals surface area (Å²) in [4.78, 5) is 60.2. The Labute approximate surface area is 188 Å². The molecule has 4 aliphatic rings. The average Bonchev–Trinajstić information content (AvgIpc) is 3.42. The Morgan fingerprint density at radius 2 is 1.82 bits per heavy atom. The van der Waals surface area contributed by atoms with Crippen LogP contribution in [-0.2, 0) is 14.4 Å². The summed E-state index contributed by atoms with van der Waals surface area (Å²) in [5.74, 6) is -1.53. The zero-order valence-electron chi connectivity index (χ0n) is 18.0. The highest BCUT2D eigenvalue weighted by Gasteiger charge is 2.68. The van der Waals surface area contributed by atoms with E-state index in [1.165, 1.54) is 4.90 Å². The number of urea groups is 1.